The number of likely N-dealkylation sites (tertiary alicyclic amines) is 1. The number of aliphatic carboxylic acids is 1. The number of carbonyl (C=O) groups excluding carboxylic acids is 1. The quantitative estimate of drug-likeness (QED) is 0.744. The van der Waals surface area contributed by atoms with E-state index in [0.717, 1.165) is 10.5 Å². The zero-order valence-electron chi connectivity index (χ0n) is 10.5. The number of carboxylic acid groups (broad SMARTS) is 1. The maximum absolute atomic E-state index is 12.1. The Balaban J connectivity index is 2.11. The molecule has 0 aliphatic carbocycles. The number of benzene rings is 1. The molecule has 0 unspecified atom stereocenters. The number of aliphatic hydroxyl groups excluding tert-OH is 1. The van der Waals surface area contributed by atoms with E-state index in [1.165, 1.54) is 0 Å². The second kappa shape index (κ2) is 5.27. The molecule has 1 aromatic carbocycles. The number of anilines is 1. The maximum atomic E-state index is 12.1. The number of rotatable bonds is 2. The Morgan fingerprint density at radius 2 is 2.05 bits per heavy atom. The maximum Gasteiger partial charge on any atom is 0.326 e. The highest BCUT2D eigenvalue weighted by Crippen LogP contribution is 2.21. The molecule has 1 aliphatic heterocycles. The molecule has 6 nitrogen and oxygen atoms in total. The predicted molar refractivity (Wildman–Crippen MR) is 69.0 cm³/mol. The lowest BCUT2D eigenvalue weighted by Crippen LogP contribution is -2.43. The van der Waals surface area contributed by atoms with Crippen molar-refractivity contribution in [2.45, 2.75) is 25.5 Å². The van der Waals surface area contributed by atoms with Crippen molar-refractivity contribution in [2.75, 3.05) is 11.9 Å². The molecule has 6 heteroatoms. The Labute approximate surface area is 110 Å². The number of carboxylic acids is 1. The van der Waals surface area contributed by atoms with E-state index in [2.05, 4.69) is 5.32 Å². The first kappa shape index (κ1) is 13.4. The van der Waals surface area contributed by atoms with E-state index in [9.17, 15) is 14.7 Å². The number of aliphatic hydroxyl groups is 1. The van der Waals surface area contributed by atoms with Crippen LogP contribution in [0.5, 0.6) is 0 Å². The number of β-amino-alcohol motifs (C(OH)–C–C–N with tert-alkyl or cyclic N) is 1. The Morgan fingerprint density at radius 1 is 1.37 bits per heavy atom. The molecule has 1 saturated heterocycles. The first-order valence-electron chi connectivity index (χ1n) is 6.03. The molecule has 1 fully saturated rings. The largest absolute Gasteiger partial charge is 0.480 e. The molecule has 0 aromatic heterocycles. The van der Waals surface area contributed by atoms with Crippen LogP contribution in [0.1, 0.15) is 12.0 Å². The first-order chi connectivity index (χ1) is 8.99. The van der Waals surface area contributed by atoms with Gasteiger partial charge in [-0.2, -0.15) is 0 Å². The highest BCUT2D eigenvalue weighted by Gasteiger charge is 2.39. The number of para-hydroxylation sites is 1. The zero-order valence-corrected chi connectivity index (χ0v) is 10.5. The van der Waals surface area contributed by atoms with Gasteiger partial charge in [0.1, 0.15) is 6.04 Å². The third kappa shape index (κ3) is 2.85. The third-order valence-electron chi connectivity index (χ3n) is 3.21. The van der Waals surface area contributed by atoms with Gasteiger partial charge < -0.3 is 20.4 Å². The molecule has 0 spiro atoms. The van der Waals surface area contributed by atoms with Crippen LogP contribution in [0, 0.1) is 6.92 Å². The number of nitrogens with zero attached hydrogens (tertiary/aromatic N) is 1. The molecule has 0 radical (unpaired) electrons. The summed E-state index contributed by atoms with van der Waals surface area (Å²) in [7, 11) is 0. The van der Waals surface area contributed by atoms with Crippen LogP contribution in [0.25, 0.3) is 0 Å². The van der Waals surface area contributed by atoms with Gasteiger partial charge >= 0.3 is 12.0 Å². The summed E-state index contributed by atoms with van der Waals surface area (Å²) in [6.45, 7) is 1.89. The Bertz CT molecular complexity index is 503. The fourth-order valence-electron chi connectivity index (χ4n) is 2.17. The number of amides is 2. The molecule has 3 N–H and O–H groups in total. The molecule has 2 atom stereocenters. The number of hydrogen-bond donors (Lipinski definition) is 3. The summed E-state index contributed by atoms with van der Waals surface area (Å²) in [4.78, 5) is 24.3. The predicted octanol–water partition coefficient (Wildman–Crippen LogP) is 1.05. The topological polar surface area (TPSA) is 89.9 Å². The van der Waals surface area contributed by atoms with Crippen molar-refractivity contribution < 1.29 is 19.8 Å². The van der Waals surface area contributed by atoms with Gasteiger partial charge in [0.05, 0.1) is 6.10 Å². The number of hydrogen-bond acceptors (Lipinski definition) is 3. The standard InChI is InChI=1S/C13H16N2O4/c1-8-4-2-3-5-10(8)14-13(19)15-7-9(16)6-11(15)12(17)18/h2-5,9,11,16H,6-7H2,1H3,(H,14,19)(H,17,18)/t9-,11+/m1/s1. The molecule has 1 aliphatic rings. The van der Waals surface area contributed by atoms with Crippen LogP contribution in [-0.2, 0) is 4.79 Å². The highest BCUT2D eigenvalue weighted by molar-refractivity contribution is 5.93. The van der Waals surface area contributed by atoms with E-state index in [1.54, 1.807) is 12.1 Å². The van der Waals surface area contributed by atoms with E-state index in [-0.39, 0.29) is 13.0 Å². The van der Waals surface area contributed by atoms with E-state index in [1.807, 2.05) is 19.1 Å². The van der Waals surface area contributed by atoms with Gasteiger partial charge in [0, 0.05) is 18.7 Å². The van der Waals surface area contributed by atoms with Gasteiger partial charge in [-0.1, -0.05) is 18.2 Å². The highest BCUT2D eigenvalue weighted by atomic mass is 16.4. The van der Waals surface area contributed by atoms with Crippen molar-refractivity contribution in [1.82, 2.24) is 4.90 Å². The molecule has 1 aromatic rings. The lowest BCUT2D eigenvalue weighted by molar-refractivity contribution is -0.141. The minimum absolute atomic E-state index is 0.0364. The number of carbonyl (C=O) groups is 2. The van der Waals surface area contributed by atoms with Crippen LogP contribution in [0.15, 0.2) is 24.3 Å². The molecule has 2 amide bonds. The monoisotopic (exact) mass is 264 g/mol. The van der Waals surface area contributed by atoms with E-state index < -0.39 is 24.1 Å². The summed E-state index contributed by atoms with van der Waals surface area (Å²) in [5.41, 5.74) is 1.53. The normalized spacial score (nSPS) is 22.3. The van der Waals surface area contributed by atoms with Gasteiger partial charge in [0.2, 0.25) is 0 Å². The molecular formula is C13H16N2O4. The van der Waals surface area contributed by atoms with Gasteiger partial charge in [0.25, 0.3) is 0 Å². The SMILES string of the molecule is Cc1ccccc1NC(=O)N1C[C@H](O)C[C@H]1C(=O)O. The van der Waals surface area contributed by atoms with Gasteiger partial charge in [-0.3, -0.25) is 0 Å². The van der Waals surface area contributed by atoms with Crippen LogP contribution in [0.2, 0.25) is 0 Å². The number of nitrogens with one attached hydrogen (secondary N) is 1. The summed E-state index contributed by atoms with van der Waals surface area (Å²) in [5, 5.41) is 21.2. The molecule has 1 heterocycles. The van der Waals surface area contributed by atoms with E-state index in [0.29, 0.717) is 5.69 Å². The lowest BCUT2D eigenvalue weighted by Gasteiger charge is -2.22. The molecule has 102 valence electrons. The minimum Gasteiger partial charge on any atom is -0.480 e. The number of urea groups is 1. The van der Waals surface area contributed by atoms with Crippen molar-refractivity contribution in [1.29, 1.82) is 0 Å². The average molecular weight is 264 g/mol. The summed E-state index contributed by atoms with van der Waals surface area (Å²) in [6, 6.07) is 5.76. The van der Waals surface area contributed by atoms with E-state index >= 15 is 0 Å². The van der Waals surface area contributed by atoms with Crippen LogP contribution < -0.4 is 5.32 Å². The molecular weight excluding hydrogens is 248 g/mol. The van der Waals surface area contributed by atoms with Crippen LogP contribution in [-0.4, -0.2) is 45.8 Å². The molecule has 2 rings (SSSR count). The van der Waals surface area contributed by atoms with Crippen molar-refractivity contribution in [3.8, 4) is 0 Å². The van der Waals surface area contributed by atoms with Gasteiger partial charge in [-0.05, 0) is 18.6 Å². The average Bonchev–Trinajstić information content (AvgIpc) is 2.74. The lowest BCUT2D eigenvalue weighted by atomic mass is 10.2. The molecule has 19 heavy (non-hydrogen) atoms. The minimum atomic E-state index is -1.10. The van der Waals surface area contributed by atoms with Gasteiger partial charge in [-0.25, -0.2) is 9.59 Å². The van der Waals surface area contributed by atoms with Crippen LogP contribution in [0.3, 0.4) is 0 Å². The third-order valence-corrected chi connectivity index (χ3v) is 3.21. The second-order valence-electron chi connectivity index (χ2n) is 4.64. The van der Waals surface area contributed by atoms with Gasteiger partial charge in [-0.15, -0.1) is 0 Å². The Hall–Kier alpha value is -2.08. The first-order valence-corrected chi connectivity index (χ1v) is 6.03. The summed E-state index contributed by atoms with van der Waals surface area (Å²) < 4.78 is 0. The van der Waals surface area contributed by atoms with Crippen molar-refractivity contribution >= 4 is 17.7 Å². The summed E-state index contributed by atoms with van der Waals surface area (Å²) in [6.07, 6.45) is -0.722. The molecule has 0 bridgehead atoms. The zero-order chi connectivity index (χ0) is 14.0. The fraction of sp³-hybridized carbons (Fsp3) is 0.385. The van der Waals surface area contributed by atoms with Crippen molar-refractivity contribution in [3.63, 3.8) is 0 Å². The number of aryl methyl sites for hydroxylation is 1. The van der Waals surface area contributed by atoms with Crippen LogP contribution in [0.4, 0.5) is 10.5 Å². The van der Waals surface area contributed by atoms with Crippen molar-refractivity contribution in [2.24, 2.45) is 0 Å². The fourth-order valence-corrected chi connectivity index (χ4v) is 2.17. The Morgan fingerprint density at radius 3 is 2.68 bits per heavy atom. The van der Waals surface area contributed by atoms with Gasteiger partial charge in [0.15, 0.2) is 0 Å². The molecule has 0 saturated carbocycles. The smallest absolute Gasteiger partial charge is 0.326 e. The van der Waals surface area contributed by atoms with Crippen LogP contribution >= 0.6 is 0 Å². The summed E-state index contributed by atoms with van der Waals surface area (Å²) >= 11 is 0. The summed E-state index contributed by atoms with van der Waals surface area (Å²) in [5.74, 6) is -1.10. The van der Waals surface area contributed by atoms with Crippen molar-refractivity contribution in [3.05, 3.63) is 29.8 Å². The van der Waals surface area contributed by atoms with E-state index in [4.69, 9.17) is 5.11 Å². The Kier molecular flexibility index (Phi) is 3.71. The second-order valence-corrected chi connectivity index (χ2v) is 4.64.